The van der Waals surface area contributed by atoms with Gasteiger partial charge in [-0.15, -0.1) is 0 Å². The first kappa shape index (κ1) is 21.5. The highest BCUT2D eigenvalue weighted by Gasteiger charge is 2.21. The van der Waals surface area contributed by atoms with E-state index in [9.17, 15) is 0 Å². The molecule has 1 saturated carbocycles. The molecule has 0 heterocycles. The highest BCUT2D eigenvalue weighted by atomic mass is 14.3. The van der Waals surface area contributed by atoms with Gasteiger partial charge in [0.2, 0.25) is 0 Å². The fourth-order valence-electron chi connectivity index (χ4n) is 4.28. The molecule has 0 aromatic heterocycles. The maximum Gasteiger partial charge on any atom is 0.0912 e. The second kappa shape index (κ2) is 13.4. The number of aryl methyl sites for hydroxylation is 1. The van der Waals surface area contributed by atoms with E-state index >= 15 is 0 Å². The molecule has 1 fully saturated rings. The van der Waals surface area contributed by atoms with Gasteiger partial charge >= 0.3 is 0 Å². The minimum absolute atomic E-state index is 0.772. The van der Waals surface area contributed by atoms with Crippen LogP contribution in [0.2, 0.25) is 0 Å². The van der Waals surface area contributed by atoms with Crippen molar-refractivity contribution in [2.45, 2.75) is 89.9 Å². The molecule has 0 saturated heterocycles. The fourth-order valence-corrected chi connectivity index (χ4v) is 4.28. The second-order valence-electron chi connectivity index (χ2n) is 8.12. The third kappa shape index (κ3) is 8.61. The lowest BCUT2D eigenvalue weighted by atomic mass is 9.77. The van der Waals surface area contributed by atoms with Crippen LogP contribution in [-0.4, -0.2) is 0 Å². The Balaban J connectivity index is 1.66. The molecular weight excluding hydrogens is 326 g/mol. The van der Waals surface area contributed by atoms with E-state index in [1.54, 1.807) is 5.56 Å². The zero-order valence-electron chi connectivity index (χ0n) is 17.2. The summed E-state index contributed by atoms with van der Waals surface area (Å²) >= 11 is 0. The van der Waals surface area contributed by atoms with Crippen molar-refractivity contribution in [3.05, 3.63) is 59.7 Å². The molecule has 0 atom stereocenters. The first-order valence-corrected chi connectivity index (χ1v) is 11.1. The summed E-state index contributed by atoms with van der Waals surface area (Å²) in [6.45, 7) is 2.28. The van der Waals surface area contributed by atoms with Crippen LogP contribution in [0.5, 0.6) is 0 Å². The molecule has 0 N–H and O–H groups in total. The van der Waals surface area contributed by atoms with Gasteiger partial charge in [0.25, 0.3) is 0 Å². The van der Waals surface area contributed by atoms with Crippen molar-refractivity contribution >= 4 is 0 Å². The monoisotopic (exact) mass is 363 g/mol. The lowest BCUT2D eigenvalue weighted by Crippen LogP contribution is -2.13. The van der Waals surface area contributed by atoms with Crippen LogP contribution >= 0.6 is 0 Å². The van der Waals surface area contributed by atoms with Crippen molar-refractivity contribution in [2.75, 3.05) is 0 Å². The van der Waals surface area contributed by atoms with Crippen molar-refractivity contribution < 1.29 is 0 Å². The Morgan fingerprint density at radius 1 is 0.963 bits per heavy atom. The number of benzene rings is 1. The van der Waals surface area contributed by atoms with E-state index < -0.39 is 0 Å². The minimum Gasteiger partial charge on any atom is -0.193 e. The number of nitrogens with zero attached hydrogens (tertiary/aromatic N) is 1. The molecule has 1 aliphatic carbocycles. The zero-order valence-corrected chi connectivity index (χ0v) is 17.2. The van der Waals surface area contributed by atoms with Crippen molar-refractivity contribution in [3.63, 3.8) is 0 Å². The average molecular weight is 364 g/mol. The van der Waals surface area contributed by atoms with E-state index in [4.69, 9.17) is 5.26 Å². The summed E-state index contributed by atoms with van der Waals surface area (Å²) in [5.41, 5.74) is 3.07. The number of rotatable bonds is 11. The quantitative estimate of drug-likeness (QED) is 0.223. The minimum atomic E-state index is 0.772. The maximum atomic E-state index is 8.46. The Labute approximate surface area is 167 Å². The molecule has 1 aromatic rings. The molecule has 0 aliphatic heterocycles. The van der Waals surface area contributed by atoms with Gasteiger partial charge in [-0.2, -0.15) is 5.26 Å². The Kier molecular flexibility index (Phi) is 10.6. The second-order valence-corrected chi connectivity index (χ2v) is 8.12. The Bertz CT molecular complexity index is 594. The lowest BCUT2D eigenvalue weighted by Gasteiger charge is -2.28. The average Bonchev–Trinajstić information content (AvgIpc) is 2.71. The van der Waals surface area contributed by atoms with Gasteiger partial charge in [-0.1, -0.05) is 75.1 Å². The van der Waals surface area contributed by atoms with Crippen LogP contribution in [-0.2, 0) is 6.42 Å². The van der Waals surface area contributed by atoms with Crippen molar-refractivity contribution in [1.29, 1.82) is 5.26 Å². The predicted molar refractivity (Wildman–Crippen MR) is 117 cm³/mol. The summed E-state index contributed by atoms with van der Waals surface area (Å²) in [6, 6.07) is 11.6. The number of hydrogen-bond donors (Lipinski definition) is 0. The molecule has 2 rings (SSSR count). The predicted octanol–water partition coefficient (Wildman–Crippen LogP) is 7.89. The van der Waals surface area contributed by atoms with Gasteiger partial charge in [0, 0.05) is 6.08 Å². The lowest BCUT2D eigenvalue weighted by molar-refractivity contribution is 0.312. The van der Waals surface area contributed by atoms with Crippen molar-refractivity contribution in [1.82, 2.24) is 0 Å². The van der Waals surface area contributed by atoms with Gasteiger partial charge in [-0.25, -0.2) is 0 Å². The maximum absolute atomic E-state index is 8.46. The van der Waals surface area contributed by atoms with Crippen LogP contribution < -0.4 is 0 Å². The molecule has 0 unspecified atom stereocenters. The molecule has 146 valence electrons. The number of nitriles is 1. The van der Waals surface area contributed by atoms with Crippen LogP contribution in [0.3, 0.4) is 0 Å². The first-order chi connectivity index (χ1) is 13.3. The SMILES string of the molecule is CCCCCCCc1ccc([C@H]2CC[C@H](CCC=CC=CC#N)CC2)cc1. The summed E-state index contributed by atoms with van der Waals surface area (Å²) in [6.07, 6.45) is 23.5. The van der Waals surface area contributed by atoms with Crippen LogP contribution in [0.25, 0.3) is 0 Å². The smallest absolute Gasteiger partial charge is 0.0912 e. The third-order valence-corrected chi connectivity index (χ3v) is 6.03. The summed E-state index contributed by atoms with van der Waals surface area (Å²) in [5.74, 6) is 1.65. The van der Waals surface area contributed by atoms with E-state index in [1.165, 1.54) is 82.3 Å². The Hall–Kier alpha value is -1.81. The highest BCUT2D eigenvalue weighted by Crippen LogP contribution is 2.37. The Morgan fingerprint density at radius 2 is 1.70 bits per heavy atom. The molecule has 0 amide bonds. The van der Waals surface area contributed by atoms with Gasteiger partial charge < -0.3 is 0 Å². The van der Waals surface area contributed by atoms with Crippen LogP contribution in [0.1, 0.15) is 94.6 Å². The fraction of sp³-hybridized carbons (Fsp3) is 0.577. The third-order valence-electron chi connectivity index (χ3n) is 6.03. The van der Waals surface area contributed by atoms with E-state index in [0.717, 1.165) is 18.3 Å². The summed E-state index contributed by atoms with van der Waals surface area (Å²) in [4.78, 5) is 0. The molecule has 1 nitrogen and oxygen atoms in total. The molecular formula is C26H37N. The molecule has 1 aromatic carbocycles. The largest absolute Gasteiger partial charge is 0.193 e. The summed E-state index contributed by atoms with van der Waals surface area (Å²) < 4.78 is 0. The number of unbranched alkanes of at least 4 members (excludes halogenated alkanes) is 4. The molecule has 1 heteroatoms. The van der Waals surface area contributed by atoms with Gasteiger partial charge in [0.15, 0.2) is 0 Å². The van der Waals surface area contributed by atoms with E-state index in [-0.39, 0.29) is 0 Å². The topological polar surface area (TPSA) is 23.8 Å². The van der Waals surface area contributed by atoms with Crippen LogP contribution in [0, 0.1) is 17.2 Å². The van der Waals surface area contributed by atoms with E-state index in [0.29, 0.717) is 0 Å². The van der Waals surface area contributed by atoms with Crippen LogP contribution in [0.4, 0.5) is 0 Å². The highest BCUT2D eigenvalue weighted by molar-refractivity contribution is 5.26. The molecule has 0 radical (unpaired) electrons. The summed E-state index contributed by atoms with van der Waals surface area (Å²) in [7, 11) is 0. The van der Waals surface area contributed by atoms with Gasteiger partial charge in [-0.3, -0.25) is 0 Å². The normalized spacial score (nSPS) is 20.3. The number of allylic oxidation sites excluding steroid dienone is 4. The van der Waals surface area contributed by atoms with Gasteiger partial charge in [0.1, 0.15) is 0 Å². The van der Waals surface area contributed by atoms with E-state index in [1.807, 2.05) is 18.2 Å². The summed E-state index contributed by atoms with van der Waals surface area (Å²) in [5, 5.41) is 8.46. The van der Waals surface area contributed by atoms with E-state index in [2.05, 4.69) is 37.3 Å². The zero-order chi connectivity index (χ0) is 19.2. The van der Waals surface area contributed by atoms with Crippen molar-refractivity contribution in [3.8, 4) is 6.07 Å². The molecule has 0 spiro atoms. The number of hydrogen-bond acceptors (Lipinski definition) is 1. The molecule has 1 aliphatic rings. The van der Waals surface area contributed by atoms with Crippen LogP contribution in [0.15, 0.2) is 48.6 Å². The Morgan fingerprint density at radius 3 is 2.41 bits per heavy atom. The molecule has 27 heavy (non-hydrogen) atoms. The van der Waals surface area contributed by atoms with Gasteiger partial charge in [0.05, 0.1) is 6.07 Å². The standard InChI is InChI=1S/C26H37N/c1-2-3-4-6-9-12-23-14-18-25(19-15-23)26-20-16-24(17-21-26)13-10-7-5-8-11-22-27/h5,7-8,11,14-15,18-19,24,26H,2-4,6,9-10,12-13,16-17,20-21H2,1H3/t24-,26-. The van der Waals surface area contributed by atoms with Crippen molar-refractivity contribution in [2.24, 2.45) is 5.92 Å². The van der Waals surface area contributed by atoms with Gasteiger partial charge in [-0.05, 0) is 74.3 Å². The first-order valence-electron chi connectivity index (χ1n) is 11.1. The molecule has 0 bridgehead atoms.